The zero-order valence-corrected chi connectivity index (χ0v) is 16.5. The quantitative estimate of drug-likeness (QED) is 0.835. The maximum atomic E-state index is 12.7. The van der Waals surface area contributed by atoms with Gasteiger partial charge in [0.05, 0.1) is 11.5 Å². The highest BCUT2D eigenvalue weighted by Crippen LogP contribution is 2.37. The van der Waals surface area contributed by atoms with Gasteiger partial charge in [0.1, 0.15) is 0 Å². The molecule has 2 N–H and O–H groups in total. The molecule has 0 saturated carbocycles. The molecule has 0 aromatic heterocycles. The van der Waals surface area contributed by atoms with E-state index in [-0.39, 0.29) is 11.8 Å². The molecule has 5 nitrogen and oxygen atoms in total. The van der Waals surface area contributed by atoms with E-state index >= 15 is 0 Å². The van der Waals surface area contributed by atoms with Crippen LogP contribution in [0.1, 0.15) is 63.0 Å². The van der Waals surface area contributed by atoms with Crippen LogP contribution in [0.2, 0.25) is 0 Å². The van der Waals surface area contributed by atoms with Crippen LogP contribution in [0.5, 0.6) is 0 Å². The number of carbonyl (C=O) groups is 2. The topological polar surface area (TPSA) is 69.6 Å². The Labute approximate surface area is 162 Å². The molecule has 0 radical (unpaired) electrons. The van der Waals surface area contributed by atoms with Crippen LogP contribution in [0.25, 0.3) is 0 Å². The first kappa shape index (κ1) is 19.9. The highest BCUT2D eigenvalue weighted by Gasteiger charge is 2.50. The van der Waals surface area contributed by atoms with Gasteiger partial charge < -0.3 is 15.3 Å². The van der Waals surface area contributed by atoms with Gasteiger partial charge in [-0.15, -0.1) is 0 Å². The summed E-state index contributed by atoms with van der Waals surface area (Å²) >= 11 is 0. The van der Waals surface area contributed by atoms with Crippen molar-refractivity contribution in [2.75, 3.05) is 19.6 Å². The summed E-state index contributed by atoms with van der Waals surface area (Å²) < 4.78 is 0. The molecule has 2 aliphatic heterocycles. The monoisotopic (exact) mass is 372 g/mol. The Kier molecular flexibility index (Phi) is 6.20. The molecule has 2 heterocycles. The molecular weight excluding hydrogens is 340 g/mol. The first-order chi connectivity index (χ1) is 12.9. The second kappa shape index (κ2) is 8.42. The summed E-state index contributed by atoms with van der Waals surface area (Å²) in [5.41, 5.74) is 1.78. The lowest BCUT2D eigenvalue weighted by Gasteiger charge is -2.46. The summed E-state index contributed by atoms with van der Waals surface area (Å²) in [6.45, 7) is 5.92. The molecule has 2 saturated heterocycles. The lowest BCUT2D eigenvalue weighted by Crippen LogP contribution is -2.62. The molecule has 5 heteroatoms. The third-order valence-corrected chi connectivity index (χ3v) is 6.18. The average Bonchev–Trinajstić information content (AvgIpc) is 2.66. The molecule has 0 aliphatic carbocycles. The van der Waals surface area contributed by atoms with Crippen LogP contribution in [0.3, 0.4) is 0 Å². The van der Waals surface area contributed by atoms with Crippen molar-refractivity contribution in [3.8, 4) is 0 Å². The lowest BCUT2D eigenvalue weighted by molar-refractivity contribution is -0.154. The minimum atomic E-state index is -0.807. The van der Waals surface area contributed by atoms with E-state index in [2.05, 4.69) is 43.4 Å². The lowest BCUT2D eigenvalue weighted by atomic mass is 9.71. The van der Waals surface area contributed by atoms with Crippen molar-refractivity contribution in [1.82, 2.24) is 10.2 Å². The number of nitrogens with zero attached hydrogens (tertiary/aromatic N) is 1. The van der Waals surface area contributed by atoms with Gasteiger partial charge in [0, 0.05) is 26.1 Å². The Bertz CT molecular complexity index is 671. The van der Waals surface area contributed by atoms with Gasteiger partial charge in [-0.25, -0.2) is 0 Å². The highest BCUT2D eigenvalue weighted by atomic mass is 16.3. The maximum Gasteiger partial charge on any atom is 0.230 e. The van der Waals surface area contributed by atoms with Crippen LogP contribution in [-0.2, 0) is 16.0 Å². The summed E-state index contributed by atoms with van der Waals surface area (Å²) in [6, 6.07) is 8.63. The van der Waals surface area contributed by atoms with Crippen molar-refractivity contribution in [3.63, 3.8) is 0 Å². The molecule has 2 amide bonds. The fourth-order valence-electron chi connectivity index (χ4n) is 4.33. The van der Waals surface area contributed by atoms with Gasteiger partial charge in [-0.1, -0.05) is 38.1 Å². The van der Waals surface area contributed by atoms with Crippen LogP contribution >= 0.6 is 0 Å². The number of aryl methyl sites for hydroxylation is 1. The van der Waals surface area contributed by atoms with Gasteiger partial charge in [-0.3, -0.25) is 9.59 Å². The second-order valence-corrected chi connectivity index (χ2v) is 8.39. The fourth-order valence-corrected chi connectivity index (χ4v) is 4.33. The number of hydrogen-bond donors (Lipinski definition) is 2. The Hall–Kier alpha value is -1.88. The zero-order chi connectivity index (χ0) is 19.4. The zero-order valence-electron chi connectivity index (χ0n) is 16.5. The van der Waals surface area contributed by atoms with Gasteiger partial charge in [0.15, 0.2) is 0 Å². The molecule has 1 aromatic rings. The van der Waals surface area contributed by atoms with E-state index in [9.17, 15) is 14.7 Å². The number of hydrogen-bond acceptors (Lipinski definition) is 3. The van der Waals surface area contributed by atoms with Crippen molar-refractivity contribution in [2.45, 2.75) is 64.4 Å². The Balaban J connectivity index is 1.52. The van der Waals surface area contributed by atoms with Crippen LogP contribution in [0, 0.1) is 5.41 Å². The van der Waals surface area contributed by atoms with Crippen molar-refractivity contribution in [1.29, 1.82) is 0 Å². The summed E-state index contributed by atoms with van der Waals surface area (Å²) in [5.74, 6) is 0.529. The average molecular weight is 373 g/mol. The van der Waals surface area contributed by atoms with E-state index in [0.717, 1.165) is 19.3 Å². The molecule has 27 heavy (non-hydrogen) atoms. The van der Waals surface area contributed by atoms with E-state index < -0.39 is 11.5 Å². The molecule has 3 rings (SSSR count). The smallest absolute Gasteiger partial charge is 0.230 e. The predicted octanol–water partition coefficient (Wildman–Crippen LogP) is 2.62. The molecule has 1 spiro atoms. The molecule has 148 valence electrons. The Morgan fingerprint density at radius 2 is 2.07 bits per heavy atom. The van der Waals surface area contributed by atoms with E-state index in [0.29, 0.717) is 44.8 Å². The SMILES string of the molecule is CC(C)c1ccc(CCCC(=O)N2CC[C@@H](O)[C@@]3(CCCNC3=O)C2)cc1. The molecule has 2 aliphatic rings. The van der Waals surface area contributed by atoms with Gasteiger partial charge in [-0.05, 0) is 49.1 Å². The van der Waals surface area contributed by atoms with Crippen molar-refractivity contribution in [3.05, 3.63) is 35.4 Å². The van der Waals surface area contributed by atoms with Crippen molar-refractivity contribution >= 4 is 11.8 Å². The first-order valence-corrected chi connectivity index (χ1v) is 10.3. The third-order valence-electron chi connectivity index (χ3n) is 6.18. The van der Waals surface area contributed by atoms with Gasteiger partial charge >= 0.3 is 0 Å². The fraction of sp³-hybridized carbons (Fsp3) is 0.636. The number of amides is 2. The largest absolute Gasteiger partial charge is 0.392 e. The first-order valence-electron chi connectivity index (χ1n) is 10.3. The van der Waals surface area contributed by atoms with Crippen LogP contribution in [-0.4, -0.2) is 47.6 Å². The number of nitrogens with one attached hydrogen (secondary N) is 1. The normalized spacial score (nSPS) is 25.7. The number of carbonyl (C=O) groups excluding carboxylic acids is 2. The van der Waals surface area contributed by atoms with Gasteiger partial charge in [-0.2, -0.15) is 0 Å². The van der Waals surface area contributed by atoms with E-state index in [4.69, 9.17) is 0 Å². The minimum absolute atomic E-state index is 0.0935. The Morgan fingerprint density at radius 3 is 2.74 bits per heavy atom. The second-order valence-electron chi connectivity index (χ2n) is 8.39. The molecule has 2 fully saturated rings. The standard InChI is InChI=1S/C22H32N2O3/c1-16(2)18-9-7-17(8-10-18)5-3-6-20(26)24-14-11-19(25)22(15-24)12-4-13-23-21(22)27/h7-10,16,19,25H,3-6,11-15H2,1-2H3,(H,23,27)/t19-,22-/m1/s1. The highest BCUT2D eigenvalue weighted by molar-refractivity contribution is 5.86. The number of rotatable bonds is 5. The molecular formula is C22H32N2O3. The van der Waals surface area contributed by atoms with Crippen LogP contribution < -0.4 is 5.32 Å². The predicted molar refractivity (Wildman–Crippen MR) is 105 cm³/mol. The molecule has 0 bridgehead atoms. The van der Waals surface area contributed by atoms with Crippen LogP contribution in [0.15, 0.2) is 24.3 Å². The minimum Gasteiger partial charge on any atom is -0.392 e. The van der Waals surface area contributed by atoms with Gasteiger partial charge in [0.2, 0.25) is 11.8 Å². The number of likely N-dealkylation sites (tertiary alicyclic amines) is 1. The van der Waals surface area contributed by atoms with Crippen molar-refractivity contribution in [2.24, 2.45) is 5.41 Å². The van der Waals surface area contributed by atoms with Crippen LogP contribution in [0.4, 0.5) is 0 Å². The van der Waals surface area contributed by atoms with E-state index in [1.54, 1.807) is 4.90 Å². The van der Waals surface area contributed by atoms with Crippen molar-refractivity contribution < 1.29 is 14.7 Å². The number of aliphatic hydroxyl groups excluding tert-OH is 1. The molecule has 0 unspecified atom stereocenters. The molecule has 1 aromatic carbocycles. The summed E-state index contributed by atoms with van der Waals surface area (Å²) in [4.78, 5) is 26.9. The molecule has 2 atom stereocenters. The van der Waals surface area contributed by atoms with E-state index in [1.165, 1.54) is 11.1 Å². The summed E-state index contributed by atoms with van der Waals surface area (Å²) in [7, 11) is 0. The van der Waals surface area contributed by atoms with Gasteiger partial charge in [0.25, 0.3) is 0 Å². The number of aliphatic hydroxyl groups is 1. The maximum absolute atomic E-state index is 12.7. The summed E-state index contributed by atoms with van der Waals surface area (Å²) in [6.07, 6.45) is 3.52. The number of piperidine rings is 2. The Morgan fingerprint density at radius 1 is 1.33 bits per heavy atom. The van der Waals surface area contributed by atoms with E-state index in [1.807, 2.05) is 0 Å². The summed E-state index contributed by atoms with van der Waals surface area (Å²) in [5, 5.41) is 13.3. The number of benzene rings is 1. The third kappa shape index (κ3) is 4.34.